The second-order valence-electron chi connectivity index (χ2n) is 4.69. The lowest BCUT2D eigenvalue weighted by Gasteiger charge is -2.03. The van der Waals surface area contributed by atoms with Crippen molar-refractivity contribution in [2.24, 2.45) is 0 Å². The Morgan fingerprint density at radius 1 is 1.27 bits per heavy atom. The molecule has 1 aromatic carbocycles. The lowest BCUT2D eigenvalue weighted by molar-refractivity contribution is 0.0601. The smallest absolute Gasteiger partial charge is 0.337 e. The SMILES string of the molecule is CCc1cc2c(Cl)nc(-c3ccc(C(=O)OC)cc3)nc2s1. The first kappa shape index (κ1) is 14.9. The minimum absolute atomic E-state index is 0.369. The van der Waals surface area contributed by atoms with Gasteiger partial charge in [0.2, 0.25) is 0 Å². The molecule has 0 saturated heterocycles. The van der Waals surface area contributed by atoms with Crippen molar-refractivity contribution in [1.82, 2.24) is 9.97 Å². The van der Waals surface area contributed by atoms with Gasteiger partial charge in [0.15, 0.2) is 5.82 Å². The summed E-state index contributed by atoms with van der Waals surface area (Å²) in [5.74, 6) is 0.185. The fraction of sp³-hybridized carbons (Fsp3) is 0.188. The Labute approximate surface area is 136 Å². The third-order valence-electron chi connectivity index (χ3n) is 3.31. The van der Waals surface area contributed by atoms with Crippen LogP contribution < -0.4 is 0 Å². The summed E-state index contributed by atoms with van der Waals surface area (Å²) < 4.78 is 4.68. The number of hydrogen-bond acceptors (Lipinski definition) is 5. The predicted molar refractivity (Wildman–Crippen MR) is 88.6 cm³/mol. The summed E-state index contributed by atoms with van der Waals surface area (Å²) in [7, 11) is 1.36. The average Bonchev–Trinajstić information content (AvgIpc) is 2.98. The summed E-state index contributed by atoms with van der Waals surface area (Å²) in [5, 5.41) is 1.34. The van der Waals surface area contributed by atoms with Crippen LogP contribution in [0, 0.1) is 0 Å². The third-order valence-corrected chi connectivity index (χ3v) is 4.77. The van der Waals surface area contributed by atoms with Gasteiger partial charge in [-0.3, -0.25) is 0 Å². The third kappa shape index (κ3) is 2.69. The second-order valence-corrected chi connectivity index (χ2v) is 6.17. The number of carbonyl (C=O) groups excluding carboxylic acids is 1. The van der Waals surface area contributed by atoms with Gasteiger partial charge in [0.25, 0.3) is 0 Å². The van der Waals surface area contributed by atoms with Crippen molar-refractivity contribution >= 4 is 39.1 Å². The molecule has 0 amide bonds. The van der Waals surface area contributed by atoms with Gasteiger partial charge >= 0.3 is 5.97 Å². The quantitative estimate of drug-likeness (QED) is 0.528. The van der Waals surface area contributed by atoms with E-state index in [0.29, 0.717) is 16.5 Å². The molecule has 4 nitrogen and oxygen atoms in total. The number of esters is 1. The Bertz CT molecular complexity index is 843. The number of nitrogens with zero attached hydrogens (tertiary/aromatic N) is 2. The number of benzene rings is 1. The number of ether oxygens (including phenoxy) is 1. The predicted octanol–water partition coefficient (Wildman–Crippen LogP) is 4.36. The first-order valence-corrected chi connectivity index (χ1v) is 7.96. The number of halogens is 1. The molecule has 0 radical (unpaired) electrons. The number of hydrogen-bond donors (Lipinski definition) is 0. The highest BCUT2D eigenvalue weighted by Crippen LogP contribution is 2.31. The van der Waals surface area contributed by atoms with Crippen LogP contribution in [0.2, 0.25) is 5.15 Å². The minimum Gasteiger partial charge on any atom is -0.465 e. The molecule has 0 aliphatic heterocycles. The number of aromatic nitrogens is 2. The van der Waals surface area contributed by atoms with Gasteiger partial charge in [-0.2, -0.15) is 0 Å². The number of fused-ring (bicyclic) bond motifs is 1. The normalized spacial score (nSPS) is 10.9. The van der Waals surface area contributed by atoms with Crippen molar-refractivity contribution in [3.8, 4) is 11.4 Å². The van der Waals surface area contributed by atoms with Gasteiger partial charge in [-0.25, -0.2) is 14.8 Å². The molecule has 0 spiro atoms. The standard InChI is InChI=1S/C16H13ClN2O2S/c1-3-11-8-12-13(17)18-14(19-15(12)22-11)9-4-6-10(7-5-9)16(20)21-2/h4-8H,3H2,1-2H3. The molecule has 6 heteroatoms. The molecular weight excluding hydrogens is 320 g/mol. The monoisotopic (exact) mass is 332 g/mol. The van der Waals surface area contributed by atoms with Crippen LogP contribution >= 0.6 is 22.9 Å². The van der Waals surface area contributed by atoms with Gasteiger partial charge in [0.05, 0.1) is 12.7 Å². The Morgan fingerprint density at radius 2 is 2.00 bits per heavy atom. The molecule has 22 heavy (non-hydrogen) atoms. The maximum atomic E-state index is 11.5. The molecule has 2 aromatic heterocycles. The molecule has 112 valence electrons. The van der Waals surface area contributed by atoms with Gasteiger partial charge in [0, 0.05) is 15.8 Å². The van der Waals surface area contributed by atoms with Crippen LogP contribution in [0.15, 0.2) is 30.3 Å². The maximum Gasteiger partial charge on any atom is 0.337 e. The molecule has 0 bridgehead atoms. The van der Waals surface area contributed by atoms with E-state index in [0.717, 1.165) is 22.2 Å². The first-order chi connectivity index (χ1) is 10.6. The number of rotatable bonds is 3. The lowest BCUT2D eigenvalue weighted by atomic mass is 10.1. The molecule has 0 unspecified atom stereocenters. The van der Waals surface area contributed by atoms with E-state index in [-0.39, 0.29) is 5.97 Å². The van der Waals surface area contributed by atoms with Crippen molar-refractivity contribution in [2.45, 2.75) is 13.3 Å². The summed E-state index contributed by atoms with van der Waals surface area (Å²) in [5.41, 5.74) is 1.30. The number of thiophene rings is 1. The van der Waals surface area contributed by atoms with Crippen LogP contribution in [0.1, 0.15) is 22.2 Å². The van der Waals surface area contributed by atoms with Crippen LogP contribution in [0.5, 0.6) is 0 Å². The maximum absolute atomic E-state index is 11.5. The number of carbonyl (C=O) groups is 1. The summed E-state index contributed by atoms with van der Waals surface area (Å²) >= 11 is 7.89. The average molecular weight is 333 g/mol. The number of aryl methyl sites for hydroxylation is 1. The zero-order chi connectivity index (χ0) is 15.7. The molecule has 2 heterocycles. The van der Waals surface area contributed by atoms with Crippen LogP contribution in [0.25, 0.3) is 21.6 Å². The molecule has 0 fully saturated rings. The molecule has 0 atom stereocenters. The largest absolute Gasteiger partial charge is 0.465 e. The van der Waals surface area contributed by atoms with Crippen LogP contribution in [0.3, 0.4) is 0 Å². The zero-order valence-electron chi connectivity index (χ0n) is 12.1. The van der Waals surface area contributed by atoms with Gasteiger partial charge in [-0.15, -0.1) is 11.3 Å². The highest BCUT2D eigenvalue weighted by atomic mass is 35.5. The summed E-state index contributed by atoms with van der Waals surface area (Å²) in [6.07, 6.45) is 0.945. The van der Waals surface area contributed by atoms with E-state index in [1.165, 1.54) is 12.0 Å². The van der Waals surface area contributed by atoms with Crippen LogP contribution in [-0.4, -0.2) is 23.0 Å². The van der Waals surface area contributed by atoms with E-state index in [9.17, 15) is 4.79 Å². The molecular formula is C16H13ClN2O2S. The topological polar surface area (TPSA) is 52.1 Å². The van der Waals surface area contributed by atoms with E-state index >= 15 is 0 Å². The molecule has 3 aromatic rings. The van der Waals surface area contributed by atoms with Crippen molar-refractivity contribution in [1.29, 1.82) is 0 Å². The lowest BCUT2D eigenvalue weighted by Crippen LogP contribution is -2.00. The Hall–Kier alpha value is -1.98. The Balaban J connectivity index is 2.04. The highest BCUT2D eigenvalue weighted by Gasteiger charge is 2.12. The van der Waals surface area contributed by atoms with Crippen molar-refractivity contribution in [2.75, 3.05) is 7.11 Å². The Morgan fingerprint density at radius 3 is 2.64 bits per heavy atom. The summed E-state index contributed by atoms with van der Waals surface area (Å²) in [6, 6.07) is 8.99. The van der Waals surface area contributed by atoms with Crippen molar-refractivity contribution < 1.29 is 9.53 Å². The van der Waals surface area contributed by atoms with E-state index in [1.54, 1.807) is 35.6 Å². The van der Waals surface area contributed by atoms with Crippen LogP contribution in [0.4, 0.5) is 0 Å². The fourth-order valence-electron chi connectivity index (χ4n) is 2.11. The fourth-order valence-corrected chi connectivity index (χ4v) is 3.36. The van der Waals surface area contributed by atoms with Gasteiger partial charge in [-0.1, -0.05) is 30.7 Å². The van der Waals surface area contributed by atoms with E-state index in [2.05, 4.69) is 21.6 Å². The van der Waals surface area contributed by atoms with E-state index < -0.39 is 0 Å². The van der Waals surface area contributed by atoms with E-state index in [1.807, 2.05) is 6.07 Å². The van der Waals surface area contributed by atoms with Gasteiger partial charge in [0.1, 0.15) is 9.98 Å². The van der Waals surface area contributed by atoms with Crippen LogP contribution in [-0.2, 0) is 11.2 Å². The first-order valence-electron chi connectivity index (χ1n) is 6.77. The minimum atomic E-state index is -0.369. The Kier molecular flexibility index (Phi) is 4.09. The second kappa shape index (κ2) is 6.02. The molecule has 0 aliphatic carbocycles. The molecule has 0 saturated carbocycles. The molecule has 0 N–H and O–H groups in total. The summed E-state index contributed by atoms with van der Waals surface area (Å²) in [4.78, 5) is 22.5. The van der Waals surface area contributed by atoms with E-state index in [4.69, 9.17) is 11.6 Å². The number of methoxy groups -OCH3 is 1. The summed E-state index contributed by atoms with van der Waals surface area (Å²) in [6.45, 7) is 2.10. The molecule has 0 aliphatic rings. The zero-order valence-corrected chi connectivity index (χ0v) is 13.7. The molecule has 3 rings (SSSR count). The van der Waals surface area contributed by atoms with Gasteiger partial charge in [-0.05, 0) is 24.6 Å². The van der Waals surface area contributed by atoms with Gasteiger partial charge < -0.3 is 4.74 Å². The van der Waals surface area contributed by atoms with Crippen molar-refractivity contribution in [3.05, 3.63) is 45.9 Å². The van der Waals surface area contributed by atoms with Crippen molar-refractivity contribution in [3.63, 3.8) is 0 Å². The highest BCUT2D eigenvalue weighted by molar-refractivity contribution is 7.18.